The van der Waals surface area contributed by atoms with Crippen LogP contribution in [0.3, 0.4) is 0 Å². The smallest absolute Gasteiger partial charge is 0.104 e. The predicted molar refractivity (Wildman–Crippen MR) is 94.9 cm³/mol. The summed E-state index contributed by atoms with van der Waals surface area (Å²) in [5, 5.41) is 3.55. The molecule has 1 saturated heterocycles. The first-order valence-corrected chi connectivity index (χ1v) is 8.21. The Labute approximate surface area is 137 Å². The van der Waals surface area contributed by atoms with Crippen molar-refractivity contribution in [3.8, 4) is 0 Å². The highest BCUT2D eigenvalue weighted by molar-refractivity contribution is 5.57. The highest BCUT2D eigenvalue weighted by atomic mass is 15.0. The quantitative estimate of drug-likeness (QED) is 0.890. The van der Waals surface area contributed by atoms with E-state index in [1.54, 1.807) is 12.2 Å². The molecule has 0 saturated carbocycles. The molecule has 4 heteroatoms. The molecule has 2 unspecified atom stereocenters. The number of pyridine rings is 1. The van der Waals surface area contributed by atoms with Gasteiger partial charge >= 0.3 is 0 Å². The normalized spacial score (nSPS) is 21.6. The van der Waals surface area contributed by atoms with Crippen molar-refractivity contribution in [3.05, 3.63) is 60.0 Å². The van der Waals surface area contributed by atoms with Crippen LogP contribution < -0.4 is 5.32 Å². The zero-order valence-corrected chi connectivity index (χ0v) is 13.7. The molecule has 2 aromatic rings. The second kappa shape index (κ2) is 6.92. The van der Waals surface area contributed by atoms with E-state index in [9.17, 15) is 0 Å². The molecule has 0 radical (unpaired) electrons. The van der Waals surface area contributed by atoms with Crippen LogP contribution in [0.5, 0.6) is 0 Å². The lowest BCUT2D eigenvalue weighted by atomic mass is 9.83. The summed E-state index contributed by atoms with van der Waals surface area (Å²) in [7, 11) is 0. The molecular formula is C19H24N4. The van der Waals surface area contributed by atoms with Gasteiger partial charge < -0.3 is 10.3 Å². The molecule has 3 heterocycles. The first-order chi connectivity index (χ1) is 11.2. The van der Waals surface area contributed by atoms with E-state index < -0.39 is 0 Å². The highest BCUT2D eigenvalue weighted by Gasteiger charge is 2.33. The standard InChI is InChI=1S/C11H14N2.C8H10N2/c1-2-8-3-4-9-5-7-13-11(9)10(8)12-6-1;1-4-7-8(5-2)10-6(3)9-7/h1-2,6,9,11,13H,3-5,7H2;4-5H,1-2H2,3H3,(H,9,10). The Balaban J connectivity index is 0.000000142. The van der Waals surface area contributed by atoms with Crippen LogP contribution in [-0.2, 0) is 6.42 Å². The average molecular weight is 308 g/mol. The molecule has 4 rings (SSSR count). The van der Waals surface area contributed by atoms with Gasteiger partial charge in [0.05, 0.1) is 23.1 Å². The van der Waals surface area contributed by atoms with Crippen LogP contribution in [0.15, 0.2) is 31.5 Å². The van der Waals surface area contributed by atoms with Gasteiger partial charge in [0.15, 0.2) is 0 Å². The zero-order chi connectivity index (χ0) is 16.2. The fourth-order valence-electron chi connectivity index (χ4n) is 3.51. The van der Waals surface area contributed by atoms with E-state index in [0.29, 0.717) is 6.04 Å². The molecule has 2 N–H and O–H groups in total. The summed E-state index contributed by atoms with van der Waals surface area (Å²) in [6, 6.07) is 4.83. The topological polar surface area (TPSA) is 53.6 Å². The van der Waals surface area contributed by atoms with Gasteiger partial charge in [-0.25, -0.2) is 4.98 Å². The fourth-order valence-corrected chi connectivity index (χ4v) is 3.51. The van der Waals surface area contributed by atoms with E-state index in [2.05, 4.69) is 39.5 Å². The molecule has 0 bridgehead atoms. The number of nitrogens with one attached hydrogen (secondary N) is 2. The fraction of sp³-hybridized carbons (Fsp3) is 0.368. The minimum absolute atomic E-state index is 0.560. The lowest BCUT2D eigenvalue weighted by Gasteiger charge is -2.26. The molecular weight excluding hydrogens is 284 g/mol. The molecule has 120 valence electrons. The van der Waals surface area contributed by atoms with Gasteiger partial charge in [-0.05, 0) is 62.4 Å². The van der Waals surface area contributed by atoms with Gasteiger partial charge in [0, 0.05) is 6.20 Å². The third-order valence-corrected chi connectivity index (χ3v) is 4.63. The van der Waals surface area contributed by atoms with E-state index in [-0.39, 0.29) is 0 Å². The Morgan fingerprint density at radius 2 is 2.13 bits per heavy atom. The van der Waals surface area contributed by atoms with Gasteiger partial charge in [0.25, 0.3) is 0 Å². The van der Waals surface area contributed by atoms with Crippen LogP contribution in [0.4, 0.5) is 0 Å². The molecule has 2 atom stereocenters. The van der Waals surface area contributed by atoms with Crippen LogP contribution >= 0.6 is 0 Å². The number of hydrogen-bond acceptors (Lipinski definition) is 3. The van der Waals surface area contributed by atoms with Crippen molar-refractivity contribution in [3.63, 3.8) is 0 Å². The molecule has 1 fully saturated rings. The van der Waals surface area contributed by atoms with E-state index in [0.717, 1.165) is 23.1 Å². The maximum absolute atomic E-state index is 4.50. The minimum atomic E-state index is 0.560. The molecule has 1 aliphatic carbocycles. The van der Waals surface area contributed by atoms with Crippen molar-refractivity contribution in [2.24, 2.45) is 5.92 Å². The Morgan fingerprint density at radius 3 is 2.87 bits per heavy atom. The second-order valence-corrected chi connectivity index (χ2v) is 6.10. The maximum atomic E-state index is 4.50. The average Bonchev–Trinajstić information content (AvgIpc) is 3.21. The minimum Gasteiger partial charge on any atom is -0.342 e. The molecule has 0 spiro atoms. The third-order valence-electron chi connectivity index (χ3n) is 4.63. The third kappa shape index (κ3) is 3.27. The Morgan fingerprint density at radius 1 is 1.26 bits per heavy atom. The number of hydrogen-bond donors (Lipinski definition) is 2. The summed E-state index contributed by atoms with van der Waals surface area (Å²) in [5.41, 5.74) is 4.58. The Bertz CT molecular complexity index is 676. The SMILES string of the molecule is C=Cc1nc(C)[nH]c1C=C.c1cnc2c(c1)CCC1CCNC21. The maximum Gasteiger partial charge on any atom is 0.104 e. The summed E-state index contributed by atoms with van der Waals surface area (Å²) >= 11 is 0. The molecule has 23 heavy (non-hydrogen) atoms. The molecule has 4 nitrogen and oxygen atoms in total. The van der Waals surface area contributed by atoms with Crippen LogP contribution in [0.25, 0.3) is 12.2 Å². The van der Waals surface area contributed by atoms with Gasteiger partial charge in [-0.2, -0.15) is 0 Å². The first kappa shape index (κ1) is 15.7. The van der Waals surface area contributed by atoms with E-state index in [1.165, 1.54) is 37.1 Å². The molecule has 1 aliphatic heterocycles. The first-order valence-electron chi connectivity index (χ1n) is 8.21. The largest absolute Gasteiger partial charge is 0.342 e. The number of aryl methyl sites for hydroxylation is 2. The van der Waals surface area contributed by atoms with Gasteiger partial charge in [0.2, 0.25) is 0 Å². The molecule has 0 amide bonds. The van der Waals surface area contributed by atoms with Crippen molar-refractivity contribution in [2.75, 3.05) is 6.54 Å². The van der Waals surface area contributed by atoms with Crippen molar-refractivity contribution in [1.29, 1.82) is 0 Å². The summed E-state index contributed by atoms with van der Waals surface area (Å²) in [5.74, 6) is 1.74. The molecule has 2 aliphatic rings. The molecule has 0 aromatic carbocycles. The van der Waals surface area contributed by atoms with Gasteiger partial charge in [0.1, 0.15) is 5.82 Å². The molecule has 2 aromatic heterocycles. The Kier molecular flexibility index (Phi) is 4.72. The highest BCUT2D eigenvalue weighted by Crippen LogP contribution is 2.37. The number of H-pyrrole nitrogens is 1. The van der Waals surface area contributed by atoms with Crippen molar-refractivity contribution in [1.82, 2.24) is 20.3 Å². The van der Waals surface area contributed by atoms with E-state index in [1.807, 2.05) is 19.2 Å². The van der Waals surface area contributed by atoms with Crippen molar-refractivity contribution < 1.29 is 0 Å². The van der Waals surface area contributed by atoms with Crippen LogP contribution in [0.1, 0.15) is 47.4 Å². The van der Waals surface area contributed by atoms with Gasteiger partial charge in [-0.1, -0.05) is 19.2 Å². The Hall–Kier alpha value is -2.20. The predicted octanol–water partition coefficient (Wildman–Crippen LogP) is 3.68. The lowest BCUT2D eigenvalue weighted by molar-refractivity contribution is 0.396. The van der Waals surface area contributed by atoms with E-state index >= 15 is 0 Å². The number of nitrogens with zero attached hydrogens (tertiary/aromatic N) is 2. The number of rotatable bonds is 2. The summed E-state index contributed by atoms with van der Waals surface area (Å²) in [4.78, 5) is 11.7. The van der Waals surface area contributed by atoms with Crippen molar-refractivity contribution >= 4 is 12.2 Å². The van der Waals surface area contributed by atoms with Crippen molar-refractivity contribution in [2.45, 2.75) is 32.2 Å². The lowest BCUT2D eigenvalue weighted by Crippen LogP contribution is -2.24. The van der Waals surface area contributed by atoms with E-state index in [4.69, 9.17) is 0 Å². The summed E-state index contributed by atoms with van der Waals surface area (Å²) < 4.78 is 0. The summed E-state index contributed by atoms with van der Waals surface area (Å²) in [6.45, 7) is 10.3. The number of fused-ring (bicyclic) bond motifs is 3. The number of aromatic amines is 1. The van der Waals surface area contributed by atoms with Gasteiger partial charge in [-0.15, -0.1) is 0 Å². The monoisotopic (exact) mass is 308 g/mol. The van der Waals surface area contributed by atoms with Crippen LogP contribution in [0, 0.1) is 12.8 Å². The zero-order valence-electron chi connectivity index (χ0n) is 13.7. The number of aromatic nitrogens is 3. The second-order valence-electron chi connectivity index (χ2n) is 6.10. The summed E-state index contributed by atoms with van der Waals surface area (Å²) in [6.07, 6.45) is 9.27. The van der Waals surface area contributed by atoms with Crippen LogP contribution in [0.2, 0.25) is 0 Å². The number of imidazole rings is 1. The van der Waals surface area contributed by atoms with Gasteiger partial charge in [-0.3, -0.25) is 4.98 Å². The van der Waals surface area contributed by atoms with Crippen LogP contribution in [-0.4, -0.2) is 21.5 Å².